The summed E-state index contributed by atoms with van der Waals surface area (Å²) in [6, 6.07) is 15.1. The van der Waals surface area contributed by atoms with Crippen molar-refractivity contribution in [3.05, 3.63) is 65.2 Å². The lowest BCUT2D eigenvalue weighted by Gasteiger charge is -2.25. The number of carbonyl (C=O) groups excluding carboxylic acids is 2. The summed E-state index contributed by atoms with van der Waals surface area (Å²) in [6.45, 7) is 0.994. The number of carboxylic acids is 1. The Kier molecular flexibility index (Phi) is 5.93. The van der Waals surface area contributed by atoms with E-state index in [1.54, 1.807) is 4.90 Å². The number of nitrogens with zero attached hydrogens (tertiary/aromatic N) is 1. The highest BCUT2D eigenvalue weighted by atomic mass is 79.9. The summed E-state index contributed by atoms with van der Waals surface area (Å²) in [5.74, 6) is -1.44. The van der Waals surface area contributed by atoms with Gasteiger partial charge in [0.1, 0.15) is 6.04 Å². The van der Waals surface area contributed by atoms with E-state index in [4.69, 9.17) is 0 Å². The number of fused-ring (bicyclic) bond motifs is 1. The standard InChI is InChI=1S/C20H21BrN2O3/c21-12-15-6-7-16-13-23(9-8-14-4-2-1-3-5-14)20(26)18(11-19(24)25)22-17(16)10-15/h1-7,10,18,22H,8-9,11-13H2,(H,24,25)/p-1. The number of anilines is 1. The Morgan fingerprint density at radius 2 is 1.96 bits per heavy atom. The highest BCUT2D eigenvalue weighted by molar-refractivity contribution is 9.08. The molecule has 1 heterocycles. The van der Waals surface area contributed by atoms with Crippen LogP contribution < -0.4 is 10.4 Å². The van der Waals surface area contributed by atoms with Gasteiger partial charge in [0.25, 0.3) is 0 Å². The van der Waals surface area contributed by atoms with Gasteiger partial charge in [0.05, 0.1) is 0 Å². The average Bonchev–Trinajstić information content (AvgIpc) is 2.77. The molecule has 136 valence electrons. The fraction of sp³-hybridized carbons (Fsp3) is 0.300. The summed E-state index contributed by atoms with van der Waals surface area (Å²) in [5, 5.41) is 14.9. The smallest absolute Gasteiger partial charge is 0.245 e. The highest BCUT2D eigenvalue weighted by Gasteiger charge is 2.29. The number of halogens is 1. The van der Waals surface area contributed by atoms with Gasteiger partial charge >= 0.3 is 0 Å². The van der Waals surface area contributed by atoms with Gasteiger partial charge in [-0.15, -0.1) is 0 Å². The van der Waals surface area contributed by atoms with Gasteiger partial charge in [0.15, 0.2) is 0 Å². The van der Waals surface area contributed by atoms with Crippen LogP contribution in [0.2, 0.25) is 0 Å². The van der Waals surface area contributed by atoms with Crippen molar-refractivity contribution >= 4 is 33.5 Å². The second kappa shape index (κ2) is 8.36. The van der Waals surface area contributed by atoms with Crippen LogP contribution in [0.4, 0.5) is 5.69 Å². The molecule has 6 heteroatoms. The van der Waals surface area contributed by atoms with E-state index in [-0.39, 0.29) is 12.3 Å². The fourth-order valence-corrected chi connectivity index (χ4v) is 3.48. The van der Waals surface area contributed by atoms with Crippen LogP contribution in [0.25, 0.3) is 0 Å². The van der Waals surface area contributed by atoms with E-state index in [1.807, 2.05) is 48.5 Å². The molecule has 2 aromatic carbocycles. The maximum absolute atomic E-state index is 12.9. The predicted octanol–water partition coefficient (Wildman–Crippen LogP) is 2.09. The van der Waals surface area contributed by atoms with E-state index in [2.05, 4.69) is 21.2 Å². The minimum atomic E-state index is -1.24. The number of carboxylic acid groups (broad SMARTS) is 1. The first kappa shape index (κ1) is 18.5. The molecule has 0 radical (unpaired) electrons. The number of carbonyl (C=O) groups is 2. The van der Waals surface area contributed by atoms with Gasteiger partial charge in [-0.05, 0) is 29.2 Å². The first-order chi connectivity index (χ1) is 12.6. The third-order valence-corrected chi connectivity index (χ3v) is 5.16. The molecule has 0 saturated carbocycles. The number of rotatable bonds is 6. The molecule has 5 nitrogen and oxygen atoms in total. The first-order valence-corrected chi connectivity index (χ1v) is 9.66. The van der Waals surface area contributed by atoms with E-state index in [0.717, 1.165) is 28.8 Å². The Hall–Kier alpha value is -2.34. The van der Waals surface area contributed by atoms with Crippen molar-refractivity contribution in [1.82, 2.24) is 4.90 Å². The van der Waals surface area contributed by atoms with Gasteiger partial charge < -0.3 is 20.1 Å². The maximum Gasteiger partial charge on any atom is 0.245 e. The maximum atomic E-state index is 12.9. The lowest BCUT2D eigenvalue weighted by molar-refractivity contribution is -0.305. The number of nitrogens with one attached hydrogen (secondary N) is 1. The fourth-order valence-electron chi connectivity index (χ4n) is 3.14. The summed E-state index contributed by atoms with van der Waals surface area (Å²) in [4.78, 5) is 25.7. The number of hydrogen-bond donors (Lipinski definition) is 1. The zero-order valence-corrected chi connectivity index (χ0v) is 15.9. The van der Waals surface area contributed by atoms with Gasteiger partial charge in [0.2, 0.25) is 5.91 Å². The molecule has 3 rings (SSSR count). The molecule has 0 spiro atoms. The summed E-state index contributed by atoms with van der Waals surface area (Å²) in [5.41, 5.74) is 4.00. The highest BCUT2D eigenvalue weighted by Crippen LogP contribution is 2.26. The Morgan fingerprint density at radius 1 is 1.19 bits per heavy atom. The lowest BCUT2D eigenvalue weighted by atomic mass is 10.1. The Morgan fingerprint density at radius 3 is 2.65 bits per heavy atom. The van der Waals surface area contributed by atoms with Crippen molar-refractivity contribution in [2.24, 2.45) is 0 Å². The summed E-state index contributed by atoms with van der Waals surface area (Å²) < 4.78 is 0. The van der Waals surface area contributed by atoms with Gasteiger partial charge in [0, 0.05) is 36.5 Å². The van der Waals surface area contributed by atoms with E-state index in [9.17, 15) is 14.7 Å². The van der Waals surface area contributed by atoms with Crippen LogP contribution in [0.5, 0.6) is 0 Å². The number of alkyl halides is 1. The zero-order valence-electron chi connectivity index (χ0n) is 14.3. The molecule has 2 aromatic rings. The number of benzene rings is 2. The van der Waals surface area contributed by atoms with E-state index in [0.29, 0.717) is 18.4 Å². The quantitative estimate of drug-likeness (QED) is 0.733. The van der Waals surface area contributed by atoms with Gasteiger partial charge in [-0.3, -0.25) is 4.79 Å². The van der Waals surface area contributed by atoms with Crippen molar-refractivity contribution in [2.75, 3.05) is 11.9 Å². The number of amides is 1. The molecule has 26 heavy (non-hydrogen) atoms. The SMILES string of the molecule is O=C([O-])CC1Nc2cc(CBr)ccc2CN(CCc2ccccc2)C1=O. The normalized spacial score (nSPS) is 16.6. The van der Waals surface area contributed by atoms with Crippen molar-refractivity contribution in [3.8, 4) is 0 Å². The van der Waals surface area contributed by atoms with Crippen LogP contribution in [0.3, 0.4) is 0 Å². The minimum Gasteiger partial charge on any atom is -0.550 e. The molecule has 1 N–H and O–H groups in total. The van der Waals surface area contributed by atoms with Crippen LogP contribution in [0, 0.1) is 0 Å². The average molecular weight is 416 g/mol. The second-order valence-corrected chi connectivity index (χ2v) is 6.95. The first-order valence-electron chi connectivity index (χ1n) is 8.53. The molecular formula is C20H20BrN2O3-. The summed E-state index contributed by atoms with van der Waals surface area (Å²) in [6.07, 6.45) is 0.373. The Labute approximate surface area is 161 Å². The molecule has 1 unspecified atom stereocenters. The zero-order chi connectivity index (χ0) is 18.5. The number of hydrogen-bond acceptors (Lipinski definition) is 4. The van der Waals surface area contributed by atoms with Crippen molar-refractivity contribution in [3.63, 3.8) is 0 Å². The Bertz CT molecular complexity index is 795. The third-order valence-electron chi connectivity index (χ3n) is 4.51. The Balaban J connectivity index is 1.84. The molecule has 0 fully saturated rings. The van der Waals surface area contributed by atoms with Crippen molar-refractivity contribution in [2.45, 2.75) is 30.8 Å². The molecule has 1 aliphatic rings. The molecule has 1 atom stereocenters. The minimum absolute atomic E-state index is 0.207. The van der Waals surface area contributed by atoms with Gasteiger partial charge in [-0.2, -0.15) is 0 Å². The molecule has 0 saturated heterocycles. The molecule has 0 aromatic heterocycles. The molecular weight excluding hydrogens is 396 g/mol. The van der Waals surface area contributed by atoms with E-state index in [1.165, 1.54) is 0 Å². The molecule has 0 bridgehead atoms. The largest absolute Gasteiger partial charge is 0.550 e. The van der Waals surface area contributed by atoms with Crippen LogP contribution in [-0.4, -0.2) is 29.4 Å². The van der Waals surface area contributed by atoms with Gasteiger partial charge in [-0.25, -0.2) is 0 Å². The summed E-state index contributed by atoms with van der Waals surface area (Å²) >= 11 is 3.43. The van der Waals surface area contributed by atoms with E-state index < -0.39 is 12.0 Å². The third kappa shape index (κ3) is 4.43. The number of aliphatic carboxylic acids is 1. The topological polar surface area (TPSA) is 72.5 Å². The van der Waals surface area contributed by atoms with Crippen molar-refractivity contribution in [1.29, 1.82) is 0 Å². The molecule has 0 aliphatic carbocycles. The van der Waals surface area contributed by atoms with E-state index >= 15 is 0 Å². The van der Waals surface area contributed by atoms with Crippen LogP contribution in [0.15, 0.2) is 48.5 Å². The monoisotopic (exact) mass is 415 g/mol. The predicted molar refractivity (Wildman–Crippen MR) is 102 cm³/mol. The van der Waals surface area contributed by atoms with Crippen LogP contribution in [0.1, 0.15) is 23.1 Å². The lowest BCUT2D eigenvalue weighted by Crippen LogP contribution is -2.44. The summed E-state index contributed by atoms with van der Waals surface area (Å²) in [7, 11) is 0. The van der Waals surface area contributed by atoms with Crippen LogP contribution >= 0.6 is 15.9 Å². The van der Waals surface area contributed by atoms with Gasteiger partial charge in [-0.1, -0.05) is 58.4 Å². The van der Waals surface area contributed by atoms with Crippen LogP contribution in [-0.2, 0) is 27.9 Å². The second-order valence-electron chi connectivity index (χ2n) is 6.39. The molecule has 1 amide bonds. The van der Waals surface area contributed by atoms with Crippen molar-refractivity contribution < 1.29 is 14.7 Å². The molecule has 1 aliphatic heterocycles.